The number of nitrogens with zero attached hydrogens (tertiary/aromatic N) is 1. The predicted molar refractivity (Wildman–Crippen MR) is 77.4 cm³/mol. The molecule has 0 saturated heterocycles. The molecule has 0 unspecified atom stereocenters. The van der Waals surface area contributed by atoms with Crippen LogP contribution in [0, 0.1) is 0 Å². The number of rotatable bonds is 3. The summed E-state index contributed by atoms with van der Waals surface area (Å²) in [6, 6.07) is 5.87. The van der Waals surface area contributed by atoms with Gasteiger partial charge in [0.2, 0.25) is 0 Å². The number of fused-ring (bicyclic) bond motifs is 1. The third kappa shape index (κ3) is 2.63. The van der Waals surface area contributed by atoms with Crippen LogP contribution >= 0.6 is 31.9 Å². The largest absolute Gasteiger partial charge is 0.505 e. The van der Waals surface area contributed by atoms with Crippen molar-refractivity contribution in [2.75, 3.05) is 0 Å². The Morgan fingerprint density at radius 2 is 2.00 bits per heavy atom. The molecule has 17 heavy (non-hydrogen) atoms. The Hall–Kier alpha value is -0.610. The van der Waals surface area contributed by atoms with Gasteiger partial charge in [0.05, 0.1) is 4.47 Å². The van der Waals surface area contributed by atoms with Crippen molar-refractivity contribution in [1.82, 2.24) is 4.98 Å². The zero-order valence-corrected chi connectivity index (χ0v) is 12.7. The van der Waals surface area contributed by atoms with Crippen LogP contribution in [-0.4, -0.2) is 10.1 Å². The lowest BCUT2D eigenvalue weighted by Gasteiger charge is -2.07. The van der Waals surface area contributed by atoms with E-state index in [1.807, 2.05) is 18.2 Å². The molecule has 1 aromatic carbocycles. The summed E-state index contributed by atoms with van der Waals surface area (Å²) in [5.74, 6) is 0.210. The summed E-state index contributed by atoms with van der Waals surface area (Å²) in [6.45, 7) is 2.16. The van der Waals surface area contributed by atoms with Crippen LogP contribution in [0.25, 0.3) is 10.9 Å². The molecular formula is C13H13Br2NO. The molecule has 4 heteroatoms. The Labute approximate surface area is 117 Å². The van der Waals surface area contributed by atoms with Gasteiger partial charge in [-0.3, -0.25) is 0 Å². The fourth-order valence-corrected chi connectivity index (χ4v) is 3.01. The van der Waals surface area contributed by atoms with Crippen LogP contribution in [0.4, 0.5) is 0 Å². The van der Waals surface area contributed by atoms with E-state index in [-0.39, 0.29) is 5.75 Å². The van der Waals surface area contributed by atoms with E-state index in [4.69, 9.17) is 0 Å². The molecule has 0 fully saturated rings. The van der Waals surface area contributed by atoms with Gasteiger partial charge in [-0.15, -0.1) is 0 Å². The molecule has 1 heterocycles. The maximum Gasteiger partial charge on any atom is 0.156 e. The average molecular weight is 359 g/mol. The zero-order valence-electron chi connectivity index (χ0n) is 9.50. The lowest BCUT2D eigenvalue weighted by Crippen LogP contribution is -1.91. The van der Waals surface area contributed by atoms with Gasteiger partial charge in [0.25, 0.3) is 0 Å². The van der Waals surface area contributed by atoms with Gasteiger partial charge in [-0.1, -0.05) is 29.3 Å². The summed E-state index contributed by atoms with van der Waals surface area (Å²) in [5.41, 5.74) is 1.68. The van der Waals surface area contributed by atoms with Crippen molar-refractivity contribution >= 4 is 42.8 Å². The first-order chi connectivity index (χ1) is 8.13. The first kappa shape index (κ1) is 12.8. The van der Waals surface area contributed by atoms with Crippen molar-refractivity contribution in [3.63, 3.8) is 0 Å². The summed E-state index contributed by atoms with van der Waals surface area (Å²) < 4.78 is 1.60. The number of aromatic hydroxyl groups is 1. The quantitative estimate of drug-likeness (QED) is 0.854. The molecule has 0 atom stereocenters. The van der Waals surface area contributed by atoms with Crippen molar-refractivity contribution in [2.45, 2.75) is 26.2 Å². The van der Waals surface area contributed by atoms with Crippen molar-refractivity contribution in [2.24, 2.45) is 0 Å². The average Bonchev–Trinajstić information content (AvgIpc) is 2.33. The maximum atomic E-state index is 10.0. The molecule has 0 radical (unpaired) electrons. The summed E-state index contributed by atoms with van der Waals surface area (Å²) in [7, 11) is 0. The SMILES string of the molecule is CCCCc1ccc2c(Br)cc(Br)c(O)c2n1. The summed E-state index contributed by atoms with van der Waals surface area (Å²) in [6.07, 6.45) is 3.22. The summed E-state index contributed by atoms with van der Waals surface area (Å²) in [5, 5.41) is 10.9. The molecule has 0 aliphatic heterocycles. The molecule has 0 spiro atoms. The van der Waals surface area contributed by atoms with Crippen LogP contribution in [0.3, 0.4) is 0 Å². The molecular weight excluding hydrogens is 346 g/mol. The van der Waals surface area contributed by atoms with Gasteiger partial charge in [-0.25, -0.2) is 4.98 Å². The maximum absolute atomic E-state index is 10.0. The minimum Gasteiger partial charge on any atom is -0.505 e. The number of hydrogen-bond acceptors (Lipinski definition) is 2. The summed E-state index contributed by atoms with van der Waals surface area (Å²) >= 11 is 6.80. The fraction of sp³-hybridized carbons (Fsp3) is 0.308. The van der Waals surface area contributed by atoms with Crippen molar-refractivity contribution in [3.8, 4) is 5.75 Å². The van der Waals surface area contributed by atoms with E-state index in [1.54, 1.807) is 0 Å². The zero-order chi connectivity index (χ0) is 12.4. The normalized spacial score (nSPS) is 11.0. The number of benzene rings is 1. The first-order valence-corrected chi connectivity index (χ1v) is 7.18. The highest BCUT2D eigenvalue weighted by atomic mass is 79.9. The number of aryl methyl sites for hydroxylation is 1. The van der Waals surface area contributed by atoms with Gasteiger partial charge < -0.3 is 5.11 Å². The van der Waals surface area contributed by atoms with Crippen LogP contribution < -0.4 is 0 Å². The number of aromatic nitrogens is 1. The van der Waals surface area contributed by atoms with Gasteiger partial charge >= 0.3 is 0 Å². The van der Waals surface area contributed by atoms with E-state index in [0.29, 0.717) is 9.99 Å². The minimum absolute atomic E-state index is 0.210. The molecule has 1 N–H and O–H groups in total. The molecule has 1 aromatic heterocycles. The second-order valence-electron chi connectivity index (χ2n) is 3.99. The number of hydrogen-bond donors (Lipinski definition) is 1. The van der Waals surface area contributed by atoms with Crippen LogP contribution in [0.1, 0.15) is 25.5 Å². The van der Waals surface area contributed by atoms with Crippen molar-refractivity contribution in [3.05, 3.63) is 32.8 Å². The lowest BCUT2D eigenvalue weighted by molar-refractivity contribution is 0.477. The molecule has 2 aromatic rings. The molecule has 0 bridgehead atoms. The van der Waals surface area contributed by atoms with Crippen molar-refractivity contribution < 1.29 is 5.11 Å². The highest BCUT2D eigenvalue weighted by molar-refractivity contribution is 9.11. The number of pyridine rings is 1. The molecule has 0 aliphatic carbocycles. The molecule has 0 aliphatic rings. The molecule has 2 nitrogen and oxygen atoms in total. The Kier molecular flexibility index (Phi) is 4.05. The highest BCUT2D eigenvalue weighted by Crippen LogP contribution is 2.36. The van der Waals surface area contributed by atoms with E-state index in [9.17, 15) is 5.11 Å². The minimum atomic E-state index is 0.210. The second kappa shape index (κ2) is 5.36. The predicted octanol–water partition coefficient (Wildman–Crippen LogP) is 4.81. The number of halogens is 2. The van der Waals surface area contributed by atoms with Gasteiger partial charge in [0, 0.05) is 15.6 Å². The number of phenolic OH excluding ortho intramolecular Hbond substituents is 1. The third-order valence-corrected chi connectivity index (χ3v) is 3.96. The monoisotopic (exact) mass is 357 g/mol. The van der Waals surface area contributed by atoms with Gasteiger partial charge in [-0.05, 0) is 47.0 Å². The fourth-order valence-electron chi connectivity index (χ4n) is 1.74. The smallest absolute Gasteiger partial charge is 0.156 e. The van der Waals surface area contributed by atoms with Crippen LogP contribution in [0.2, 0.25) is 0 Å². The van der Waals surface area contributed by atoms with E-state index in [0.717, 1.165) is 34.8 Å². The Morgan fingerprint density at radius 3 is 2.71 bits per heavy atom. The van der Waals surface area contributed by atoms with Crippen molar-refractivity contribution in [1.29, 1.82) is 0 Å². The van der Waals surface area contributed by atoms with Gasteiger partial charge in [-0.2, -0.15) is 0 Å². The topological polar surface area (TPSA) is 33.1 Å². The van der Waals surface area contributed by atoms with E-state index in [1.165, 1.54) is 0 Å². The lowest BCUT2D eigenvalue weighted by atomic mass is 10.1. The van der Waals surface area contributed by atoms with Gasteiger partial charge in [0.15, 0.2) is 5.75 Å². The van der Waals surface area contributed by atoms with Crippen LogP contribution in [0.5, 0.6) is 5.75 Å². The van der Waals surface area contributed by atoms with E-state index >= 15 is 0 Å². The van der Waals surface area contributed by atoms with Gasteiger partial charge in [0.1, 0.15) is 5.52 Å². The molecule has 0 amide bonds. The van der Waals surface area contributed by atoms with E-state index < -0.39 is 0 Å². The molecule has 90 valence electrons. The standard InChI is InChI=1S/C13H13Br2NO/c1-2-3-4-8-5-6-9-10(14)7-11(15)13(17)12(9)16-8/h5-7,17H,2-4H2,1H3. The second-order valence-corrected chi connectivity index (χ2v) is 5.70. The molecule has 0 saturated carbocycles. The summed E-state index contributed by atoms with van der Waals surface area (Å²) in [4.78, 5) is 4.52. The Morgan fingerprint density at radius 1 is 1.24 bits per heavy atom. The Balaban J connectivity index is 2.55. The molecule has 2 rings (SSSR count). The number of phenols is 1. The third-order valence-electron chi connectivity index (χ3n) is 2.70. The number of unbranched alkanes of at least 4 members (excludes halogenated alkanes) is 1. The first-order valence-electron chi connectivity index (χ1n) is 5.60. The highest BCUT2D eigenvalue weighted by Gasteiger charge is 2.10. The Bertz CT molecular complexity index is 555. The van der Waals surface area contributed by atoms with Crippen LogP contribution in [-0.2, 0) is 6.42 Å². The van der Waals surface area contributed by atoms with E-state index in [2.05, 4.69) is 43.8 Å². The van der Waals surface area contributed by atoms with Crippen LogP contribution in [0.15, 0.2) is 27.1 Å².